The summed E-state index contributed by atoms with van der Waals surface area (Å²) in [7, 11) is 0. The third kappa shape index (κ3) is 4.31. The Kier molecular flexibility index (Phi) is 5.63. The van der Waals surface area contributed by atoms with Crippen LogP contribution in [0.25, 0.3) is 21.8 Å². The maximum absolute atomic E-state index is 13.7. The zero-order chi connectivity index (χ0) is 25.5. The van der Waals surface area contributed by atoms with Gasteiger partial charge in [0.15, 0.2) is 5.82 Å². The molecule has 10 heteroatoms. The van der Waals surface area contributed by atoms with Gasteiger partial charge in [0.2, 0.25) is 0 Å². The molecule has 1 fully saturated rings. The molecule has 37 heavy (non-hydrogen) atoms. The van der Waals surface area contributed by atoms with Crippen molar-refractivity contribution in [3.8, 4) is 0 Å². The van der Waals surface area contributed by atoms with E-state index < -0.39 is 5.91 Å². The lowest BCUT2D eigenvalue weighted by molar-refractivity contribution is 0.0605. The van der Waals surface area contributed by atoms with Crippen molar-refractivity contribution < 1.29 is 14.0 Å². The van der Waals surface area contributed by atoms with Crippen LogP contribution >= 0.6 is 0 Å². The molecule has 1 aliphatic rings. The first-order valence-electron chi connectivity index (χ1n) is 12.1. The van der Waals surface area contributed by atoms with Crippen LogP contribution in [0.1, 0.15) is 57.5 Å². The van der Waals surface area contributed by atoms with Crippen molar-refractivity contribution in [1.82, 2.24) is 30.0 Å². The second-order valence-electron chi connectivity index (χ2n) is 9.28. The van der Waals surface area contributed by atoms with Gasteiger partial charge < -0.3 is 15.2 Å². The van der Waals surface area contributed by atoms with Gasteiger partial charge >= 0.3 is 0 Å². The first-order chi connectivity index (χ1) is 18.0. The van der Waals surface area contributed by atoms with Gasteiger partial charge in [-0.25, -0.2) is 4.39 Å². The first kappa shape index (κ1) is 22.8. The lowest BCUT2D eigenvalue weighted by Crippen LogP contribution is -2.39. The van der Waals surface area contributed by atoms with E-state index in [1.54, 1.807) is 30.6 Å². The van der Waals surface area contributed by atoms with Crippen LogP contribution in [0.4, 0.5) is 10.2 Å². The molecule has 0 radical (unpaired) electrons. The summed E-state index contributed by atoms with van der Waals surface area (Å²) in [6.07, 6.45) is 6.04. The van der Waals surface area contributed by atoms with Crippen LogP contribution in [0.5, 0.6) is 0 Å². The highest BCUT2D eigenvalue weighted by molar-refractivity contribution is 6.05. The first-order valence-corrected chi connectivity index (χ1v) is 12.1. The number of halogens is 1. The van der Waals surface area contributed by atoms with Crippen molar-refractivity contribution in [2.45, 2.75) is 32.2 Å². The van der Waals surface area contributed by atoms with Gasteiger partial charge in [0.1, 0.15) is 11.5 Å². The molecule has 1 saturated heterocycles. The number of hydrogen-bond donors (Lipinski definition) is 3. The van der Waals surface area contributed by atoms with E-state index in [4.69, 9.17) is 0 Å². The van der Waals surface area contributed by atoms with Crippen molar-refractivity contribution in [1.29, 1.82) is 0 Å². The van der Waals surface area contributed by atoms with E-state index in [9.17, 15) is 14.0 Å². The maximum Gasteiger partial charge on any atom is 0.273 e. The number of aromatic nitrogens is 5. The minimum absolute atomic E-state index is 0.0917. The van der Waals surface area contributed by atoms with E-state index in [1.165, 1.54) is 12.1 Å². The van der Waals surface area contributed by atoms with Gasteiger partial charge in [-0.2, -0.15) is 5.10 Å². The summed E-state index contributed by atoms with van der Waals surface area (Å²) in [5.74, 6) is -0.505. The van der Waals surface area contributed by atoms with E-state index in [1.807, 2.05) is 24.0 Å². The Hall–Kier alpha value is -4.60. The molecular formula is C27H24FN7O2. The van der Waals surface area contributed by atoms with Crippen LogP contribution in [0.2, 0.25) is 0 Å². The summed E-state index contributed by atoms with van der Waals surface area (Å²) in [6, 6.07) is 11.1. The lowest BCUT2D eigenvalue weighted by atomic mass is 9.97. The maximum atomic E-state index is 13.7. The van der Waals surface area contributed by atoms with Gasteiger partial charge in [-0.05, 0) is 62.6 Å². The molecule has 3 N–H and O–H groups in total. The molecule has 0 unspecified atom stereocenters. The Morgan fingerprint density at radius 1 is 1.11 bits per heavy atom. The fraction of sp³-hybridized carbons (Fsp3) is 0.222. The fourth-order valence-electron chi connectivity index (χ4n) is 4.96. The highest BCUT2D eigenvalue weighted by atomic mass is 19.1. The number of aromatic amines is 2. The van der Waals surface area contributed by atoms with Gasteiger partial charge in [0.05, 0.1) is 28.5 Å². The monoisotopic (exact) mass is 497 g/mol. The van der Waals surface area contributed by atoms with Crippen LogP contribution in [0, 0.1) is 12.7 Å². The van der Waals surface area contributed by atoms with Gasteiger partial charge in [-0.1, -0.05) is 0 Å². The number of aryl methyl sites for hydroxylation is 1. The number of anilines is 1. The van der Waals surface area contributed by atoms with Crippen molar-refractivity contribution >= 4 is 39.4 Å². The number of likely N-dealkylation sites (tertiary alicyclic amines) is 1. The lowest BCUT2D eigenvalue weighted by Gasteiger charge is -2.35. The Morgan fingerprint density at radius 2 is 2.00 bits per heavy atom. The average molecular weight is 498 g/mol. The van der Waals surface area contributed by atoms with Gasteiger partial charge in [0.25, 0.3) is 11.8 Å². The smallest absolute Gasteiger partial charge is 0.273 e. The predicted octanol–water partition coefficient (Wildman–Crippen LogP) is 4.90. The SMILES string of the molecule is Cc1nc2ccncc2cc1C(=O)N1CCCC[C@@H]1c1cc(NC(=O)c2cc3cc(F)ccc3[nH]2)n[nH]1. The summed E-state index contributed by atoms with van der Waals surface area (Å²) < 4.78 is 13.5. The number of pyridine rings is 2. The standard InChI is InChI=1S/C27H24FN7O2/c1-15-19(11-17-14-29-8-7-21(17)30-15)27(37)35-9-3-2-4-24(35)22-13-25(34-33-22)32-26(36)23-12-16-10-18(28)5-6-20(16)31-23/h5-8,10-14,24,31H,2-4,9H2,1H3,(H2,32,33,34,36)/t24-/m1/s1. The third-order valence-electron chi connectivity index (χ3n) is 6.83. The van der Waals surface area contributed by atoms with Crippen molar-refractivity contribution in [2.24, 2.45) is 0 Å². The molecule has 4 aromatic heterocycles. The molecule has 2 amide bonds. The average Bonchev–Trinajstić information content (AvgIpc) is 3.55. The summed E-state index contributed by atoms with van der Waals surface area (Å²) in [6.45, 7) is 2.45. The molecule has 0 saturated carbocycles. The van der Waals surface area contributed by atoms with Gasteiger partial charge in [-0.15, -0.1) is 0 Å². The van der Waals surface area contributed by atoms with Gasteiger partial charge in [0, 0.05) is 41.3 Å². The second kappa shape index (κ2) is 9.12. The third-order valence-corrected chi connectivity index (χ3v) is 6.83. The number of piperidine rings is 1. The normalized spacial score (nSPS) is 15.8. The molecule has 0 bridgehead atoms. The van der Waals surface area contributed by atoms with Crippen LogP contribution in [0.15, 0.2) is 54.9 Å². The highest BCUT2D eigenvalue weighted by Gasteiger charge is 2.31. The minimum atomic E-state index is -0.391. The van der Waals surface area contributed by atoms with Crippen LogP contribution in [0.3, 0.4) is 0 Å². The number of fused-ring (bicyclic) bond motifs is 2. The zero-order valence-corrected chi connectivity index (χ0v) is 20.1. The van der Waals surface area contributed by atoms with Gasteiger partial charge in [-0.3, -0.25) is 24.7 Å². The Labute approximate surface area is 211 Å². The number of carbonyl (C=O) groups excluding carboxylic acids is 2. The van der Waals surface area contributed by atoms with E-state index >= 15 is 0 Å². The van der Waals surface area contributed by atoms with E-state index in [-0.39, 0.29) is 17.8 Å². The van der Waals surface area contributed by atoms with Crippen LogP contribution in [-0.2, 0) is 0 Å². The number of nitrogens with zero attached hydrogens (tertiary/aromatic N) is 4. The van der Waals surface area contributed by atoms with E-state index in [2.05, 4.69) is 30.5 Å². The molecular weight excluding hydrogens is 473 g/mol. The Morgan fingerprint density at radius 3 is 2.89 bits per heavy atom. The molecule has 5 heterocycles. The quantitative estimate of drug-likeness (QED) is 0.326. The Balaban J connectivity index is 1.23. The van der Waals surface area contributed by atoms with Crippen LogP contribution < -0.4 is 5.32 Å². The second-order valence-corrected chi connectivity index (χ2v) is 9.28. The summed E-state index contributed by atoms with van der Waals surface area (Å²) in [5.41, 5.74) is 3.73. The molecule has 9 nitrogen and oxygen atoms in total. The number of hydrogen-bond acceptors (Lipinski definition) is 5. The summed E-state index contributed by atoms with van der Waals surface area (Å²) >= 11 is 0. The Bertz CT molecular complexity index is 1660. The number of H-pyrrole nitrogens is 2. The summed E-state index contributed by atoms with van der Waals surface area (Å²) in [4.78, 5) is 40.0. The molecule has 1 aliphatic heterocycles. The number of rotatable bonds is 4. The van der Waals surface area contributed by atoms with E-state index in [0.717, 1.165) is 35.9 Å². The van der Waals surface area contributed by atoms with Crippen molar-refractivity contribution in [3.05, 3.63) is 83.3 Å². The topological polar surface area (TPSA) is 120 Å². The molecule has 1 atom stereocenters. The molecule has 0 aliphatic carbocycles. The summed E-state index contributed by atoms with van der Waals surface area (Å²) in [5, 5.41) is 11.5. The largest absolute Gasteiger partial charge is 0.351 e. The fourth-order valence-corrected chi connectivity index (χ4v) is 4.96. The molecule has 5 aromatic rings. The van der Waals surface area contributed by atoms with Crippen molar-refractivity contribution in [2.75, 3.05) is 11.9 Å². The predicted molar refractivity (Wildman–Crippen MR) is 137 cm³/mol. The molecule has 186 valence electrons. The number of nitrogens with one attached hydrogen (secondary N) is 3. The molecule has 6 rings (SSSR count). The van der Waals surface area contributed by atoms with Crippen molar-refractivity contribution in [3.63, 3.8) is 0 Å². The molecule has 0 spiro atoms. The zero-order valence-electron chi connectivity index (χ0n) is 20.1. The molecule has 1 aromatic carbocycles. The number of benzene rings is 1. The number of carbonyl (C=O) groups is 2. The minimum Gasteiger partial charge on any atom is -0.351 e. The number of amides is 2. The van der Waals surface area contributed by atoms with E-state index in [0.29, 0.717) is 40.2 Å². The van der Waals surface area contributed by atoms with Crippen LogP contribution in [-0.4, -0.2) is 48.4 Å². The highest BCUT2D eigenvalue weighted by Crippen LogP contribution is 2.33.